The second-order valence-electron chi connectivity index (χ2n) is 6.58. The van der Waals surface area contributed by atoms with Crippen LogP contribution in [0.5, 0.6) is 0 Å². The lowest BCUT2D eigenvalue weighted by atomic mass is 10.1. The zero-order valence-electron chi connectivity index (χ0n) is 15.1. The first-order valence-electron chi connectivity index (χ1n) is 8.57. The highest BCUT2D eigenvalue weighted by Crippen LogP contribution is 2.27. The van der Waals surface area contributed by atoms with Gasteiger partial charge in [-0.05, 0) is 25.5 Å². The monoisotopic (exact) mass is 403 g/mol. The van der Waals surface area contributed by atoms with Gasteiger partial charge in [0.25, 0.3) is 0 Å². The molecular formula is C17H26ClN3O4S. The van der Waals surface area contributed by atoms with Crippen LogP contribution in [0.3, 0.4) is 0 Å². The number of benzene rings is 1. The Kier molecular flexibility index (Phi) is 7.04. The number of piperazine rings is 1. The lowest BCUT2D eigenvalue weighted by Gasteiger charge is -2.32. The molecule has 0 saturated carbocycles. The number of sulfonamides is 1. The second kappa shape index (κ2) is 8.67. The lowest BCUT2D eigenvalue weighted by Crippen LogP contribution is -2.49. The van der Waals surface area contributed by atoms with Crippen molar-refractivity contribution in [2.45, 2.75) is 24.3 Å². The molecule has 0 spiro atoms. The molecule has 2 aliphatic rings. The molecule has 2 fully saturated rings. The maximum Gasteiger partial charge on any atom is 0.339 e. The Balaban J connectivity index is 0.00000243. The number of hydrogen-bond acceptors (Lipinski definition) is 6. The van der Waals surface area contributed by atoms with Crippen LogP contribution in [0.25, 0.3) is 0 Å². The average Bonchev–Trinajstić information content (AvgIpc) is 3.12. The molecule has 1 atom stereocenters. The highest BCUT2D eigenvalue weighted by Gasteiger charge is 2.37. The van der Waals surface area contributed by atoms with Crippen LogP contribution in [0.1, 0.15) is 22.3 Å². The van der Waals surface area contributed by atoms with Crippen LogP contribution in [0.4, 0.5) is 0 Å². The number of carbonyl (C=O) groups is 1. The average molecular weight is 404 g/mol. The summed E-state index contributed by atoms with van der Waals surface area (Å²) in [5.74, 6) is -0.625. The quantitative estimate of drug-likeness (QED) is 0.751. The van der Waals surface area contributed by atoms with Crippen LogP contribution in [0.15, 0.2) is 23.1 Å². The van der Waals surface area contributed by atoms with Crippen molar-refractivity contribution < 1.29 is 17.9 Å². The van der Waals surface area contributed by atoms with Crippen LogP contribution in [-0.4, -0.2) is 76.0 Å². The number of aryl methyl sites for hydroxylation is 1. The number of halogens is 1. The van der Waals surface area contributed by atoms with Gasteiger partial charge >= 0.3 is 5.97 Å². The number of nitrogens with one attached hydrogen (secondary N) is 1. The molecule has 2 heterocycles. The van der Waals surface area contributed by atoms with E-state index in [-0.39, 0.29) is 28.9 Å². The normalized spacial score (nSPS) is 22.0. The van der Waals surface area contributed by atoms with Crippen LogP contribution in [-0.2, 0) is 14.8 Å². The molecule has 0 bridgehead atoms. The molecule has 2 aliphatic heterocycles. The molecule has 1 unspecified atom stereocenters. The smallest absolute Gasteiger partial charge is 0.339 e. The predicted molar refractivity (Wildman–Crippen MR) is 101 cm³/mol. The zero-order chi connectivity index (χ0) is 18.0. The number of nitrogens with zero attached hydrogens (tertiary/aromatic N) is 2. The Hall–Kier alpha value is -1.19. The van der Waals surface area contributed by atoms with Crippen molar-refractivity contribution in [2.75, 3.05) is 46.4 Å². The van der Waals surface area contributed by atoms with Gasteiger partial charge in [0.15, 0.2) is 0 Å². The van der Waals surface area contributed by atoms with Crippen LogP contribution in [0, 0.1) is 6.92 Å². The van der Waals surface area contributed by atoms with E-state index in [1.54, 1.807) is 12.1 Å². The Morgan fingerprint density at radius 2 is 1.92 bits per heavy atom. The number of ether oxygens (including phenoxy) is 1. The van der Waals surface area contributed by atoms with E-state index in [4.69, 9.17) is 4.74 Å². The van der Waals surface area contributed by atoms with Crippen LogP contribution >= 0.6 is 12.4 Å². The summed E-state index contributed by atoms with van der Waals surface area (Å²) in [4.78, 5) is 14.4. The number of methoxy groups -OCH3 is 1. The Morgan fingerprint density at radius 1 is 1.23 bits per heavy atom. The third-order valence-electron chi connectivity index (χ3n) is 4.95. The van der Waals surface area contributed by atoms with Gasteiger partial charge in [0.05, 0.1) is 17.6 Å². The van der Waals surface area contributed by atoms with Crippen molar-refractivity contribution in [3.05, 3.63) is 29.3 Å². The van der Waals surface area contributed by atoms with Crippen molar-refractivity contribution in [3.63, 3.8) is 0 Å². The van der Waals surface area contributed by atoms with Crippen LogP contribution in [0.2, 0.25) is 0 Å². The molecule has 1 aromatic carbocycles. The van der Waals surface area contributed by atoms with Gasteiger partial charge in [0, 0.05) is 45.3 Å². The molecule has 146 valence electrons. The molecule has 2 saturated heterocycles. The fourth-order valence-corrected chi connectivity index (χ4v) is 5.20. The molecule has 0 amide bonds. The summed E-state index contributed by atoms with van der Waals surface area (Å²) in [7, 11) is -2.46. The van der Waals surface area contributed by atoms with Crippen molar-refractivity contribution in [2.24, 2.45) is 0 Å². The molecular weight excluding hydrogens is 378 g/mol. The van der Waals surface area contributed by atoms with E-state index in [9.17, 15) is 13.2 Å². The summed E-state index contributed by atoms with van der Waals surface area (Å²) in [5, 5.41) is 3.31. The summed E-state index contributed by atoms with van der Waals surface area (Å²) in [6.45, 7) is 6.52. The predicted octanol–water partition coefficient (Wildman–Crippen LogP) is 0.872. The van der Waals surface area contributed by atoms with E-state index in [1.165, 1.54) is 17.5 Å². The standard InChI is InChI=1S/C17H25N3O4S.ClH/c1-13-3-4-16(15(11-13)17(21)24-2)25(22,23)20-8-5-14(12-20)19-9-6-18-7-10-19;/h3-4,11,14,18H,5-10,12H2,1-2H3;1H. The molecule has 9 heteroatoms. The Labute approximate surface area is 161 Å². The largest absolute Gasteiger partial charge is 0.465 e. The molecule has 26 heavy (non-hydrogen) atoms. The third kappa shape index (κ3) is 4.20. The van der Waals surface area contributed by atoms with E-state index in [1.807, 2.05) is 6.92 Å². The van der Waals surface area contributed by atoms with Crippen LogP contribution < -0.4 is 5.32 Å². The molecule has 7 nitrogen and oxygen atoms in total. The van der Waals surface area contributed by atoms with Gasteiger partial charge in [-0.15, -0.1) is 12.4 Å². The highest BCUT2D eigenvalue weighted by molar-refractivity contribution is 7.89. The van der Waals surface area contributed by atoms with Gasteiger partial charge in [-0.1, -0.05) is 11.6 Å². The fraction of sp³-hybridized carbons (Fsp3) is 0.588. The maximum absolute atomic E-state index is 13.1. The Bertz CT molecular complexity index is 750. The molecule has 0 radical (unpaired) electrons. The Morgan fingerprint density at radius 3 is 2.58 bits per heavy atom. The summed E-state index contributed by atoms with van der Waals surface area (Å²) in [6.07, 6.45) is 0.818. The van der Waals surface area contributed by atoms with E-state index in [0.29, 0.717) is 13.1 Å². The van der Waals surface area contributed by atoms with E-state index >= 15 is 0 Å². The summed E-state index contributed by atoms with van der Waals surface area (Å²) in [5.41, 5.74) is 0.924. The lowest BCUT2D eigenvalue weighted by molar-refractivity contribution is 0.0596. The van der Waals surface area contributed by atoms with E-state index < -0.39 is 16.0 Å². The number of rotatable bonds is 4. The van der Waals surface area contributed by atoms with Gasteiger partial charge < -0.3 is 10.1 Å². The first kappa shape index (κ1) is 21.1. The first-order valence-corrected chi connectivity index (χ1v) is 10.0. The summed E-state index contributed by atoms with van der Waals surface area (Å²) < 4.78 is 32.5. The van der Waals surface area contributed by atoms with Gasteiger partial charge in [0.1, 0.15) is 0 Å². The maximum atomic E-state index is 13.1. The number of carbonyl (C=O) groups excluding carboxylic acids is 1. The van der Waals surface area contributed by atoms with Gasteiger partial charge in [-0.2, -0.15) is 4.31 Å². The fourth-order valence-electron chi connectivity index (χ4n) is 3.55. The minimum Gasteiger partial charge on any atom is -0.465 e. The highest BCUT2D eigenvalue weighted by atomic mass is 35.5. The van der Waals surface area contributed by atoms with Gasteiger partial charge in [-0.3, -0.25) is 4.90 Å². The van der Waals surface area contributed by atoms with E-state index in [2.05, 4.69) is 10.2 Å². The first-order chi connectivity index (χ1) is 11.9. The van der Waals surface area contributed by atoms with E-state index in [0.717, 1.165) is 38.2 Å². The number of hydrogen-bond donors (Lipinski definition) is 1. The third-order valence-corrected chi connectivity index (χ3v) is 6.88. The number of esters is 1. The molecule has 3 rings (SSSR count). The minimum absolute atomic E-state index is 0. The summed E-state index contributed by atoms with van der Waals surface area (Å²) in [6, 6.07) is 5.03. The minimum atomic E-state index is -3.72. The second-order valence-corrected chi connectivity index (χ2v) is 8.49. The van der Waals surface area contributed by atoms with Gasteiger partial charge in [-0.25, -0.2) is 13.2 Å². The molecule has 1 N–H and O–H groups in total. The van der Waals surface area contributed by atoms with Crippen molar-refractivity contribution >= 4 is 28.4 Å². The van der Waals surface area contributed by atoms with Crippen molar-refractivity contribution in [1.82, 2.24) is 14.5 Å². The zero-order valence-corrected chi connectivity index (χ0v) is 16.7. The van der Waals surface area contributed by atoms with Crippen molar-refractivity contribution in [3.8, 4) is 0 Å². The SMILES string of the molecule is COC(=O)c1cc(C)ccc1S(=O)(=O)N1CCC(N2CCNCC2)C1.Cl. The summed E-state index contributed by atoms with van der Waals surface area (Å²) >= 11 is 0. The molecule has 1 aromatic rings. The topological polar surface area (TPSA) is 79.0 Å². The van der Waals surface area contributed by atoms with Crippen molar-refractivity contribution in [1.29, 1.82) is 0 Å². The molecule has 0 aromatic heterocycles. The molecule has 0 aliphatic carbocycles. The van der Waals surface area contributed by atoms with Gasteiger partial charge in [0.2, 0.25) is 10.0 Å².